The predicted molar refractivity (Wildman–Crippen MR) is 285 cm³/mol. The monoisotopic (exact) mass is 886 g/mol. The van der Waals surface area contributed by atoms with Crippen LogP contribution in [0.3, 0.4) is 0 Å². The van der Waals surface area contributed by atoms with Crippen molar-refractivity contribution in [2.24, 2.45) is 0 Å². The molecule has 1 aliphatic heterocycles. The second kappa shape index (κ2) is 14.1. The van der Waals surface area contributed by atoms with Gasteiger partial charge in [-0.05, 0) is 116 Å². The van der Waals surface area contributed by atoms with E-state index in [1.54, 1.807) is 0 Å². The highest BCUT2D eigenvalue weighted by molar-refractivity contribution is 7.99. The van der Waals surface area contributed by atoms with Crippen LogP contribution in [-0.2, 0) is 5.41 Å². The molecule has 1 unspecified atom stereocenters. The fourth-order valence-electron chi connectivity index (χ4n) is 11.9. The van der Waals surface area contributed by atoms with E-state index in [0.29, 0.717) is 0 Å². The summed E-state index contributed by atoms with van der Waals surface area (Å²) in [5, 5.41) is 10.1. The second-order valence-electron chi connectivity index (χ2n) is 17.9. The molecule has 1 atom stereocenters. The average molecular weight is 887 g/mol. The lowest BCUT2D eigenvalue weighted by Gasteiger charge is -2.46. The van der Waals surface area contributed by atoms with Gasteiger partial charge in [0.15, 0.2) is 0 Å². The Bertz CT molecular complexity index is 4220. The van der Waals surface area contributed by atoms with Crippen LogP contribution in [0.5, 0.6) is 0 Å². The van der Waals surface area contributed by atoms with Gasteiger partial charge >= 0.3 is 0 Å². The highest BCUT2D eigenvalue weighted by atomic mass is 32.2. The average Bonchev–Trinajstić information content (AvgIpc) is 3.92. The predicted octanol–water partition coefficient (Wildman–Crippen LogP) is 17.8. The molecule has 13 aromatic rings. The van der Waals surface area contributed by atoms with Crippen molar-refractivity contribution in [2.75, 3.05) is 4.90 Å². The molecule has 0 amide bonds. The molecule has 4 heteroatoms. The first-order valence-electron chi connectivity index (χ1n) is 23.0. The van der Waals surface area contributed by atoms with Gasteiger partial charge in [-0.25, -0.2) is 0 Å². The fourth-order valence-corrected chi connectivity index (χ4v) is 14.2. The highest BCUT2D eigenvalue weighted by Gasteiger charge is 2.48. The molecule has 0 fully saturated rings. The van der Waals surface area contributed by atoms with Gasteiger partial charge in [-0.1, -0.05) is 176 Å². The number of hydrogen-bond donors (Lipinski definition) is 0. The Morgan fingerprint density at radius 1 is 0.358 bits per heavy atom. The molecule has 15 rings (SSSR count). The van der Waals surface area contributed by atoms with E-state index < -0.39 is 5.41 Å². The molecule has 1 spiro atoms. The van der Waals surface area contributed by atoms with Crippen LogP contribution >= 0.6 is 23.1 Å². The lowest BCUT2D eigenvalue weighted by atomic mass is 9.59. The Morgan fingerprint density at radius 3 is 1.91 bits per heavy atom. The molecule has 3 heterocycles. The van der Waals surface area contributed by atoms with Crippen molar-refractivity contribution in [3.05, 3.63) is 253 Å². The SMILES string of the molecule is c1ccc2c(c1)Sc1cc(N(c3ccc4c(c3)sc3ccccc34)c3ccc4c(c3)c3ccccc3n4-c3cccc4ccccc34)ccc1C21c2ccccc2-c2cccc3cccc1c23. The fraction of sp³-hybridized carbons (Fsp3) is 0.0159. The zero-order valence-corrected chi connectivity index (χ0v) is 37.8. The van der Waals surface area contributed by atoms with Crippen molar-refractivity contribution in [2.45, 2.75) is 15.2 Å². The topological polar surface area (TPSA) is 8.17 Å². The number of thiophene rings is 1. The van der Waals surface area contributed by atoms with Crippen LogP contribution in [0.15, 0.2) is 240 Å². The van der Waals surface area contributed by atoms with E-state index in [2.05, 4.69) is 240 Å². The molecule has 67 heavy (non-hydrogen) atoms. The smallest absolute Gasteiger partial charge is 0.0735 e. The van der Waals surface area contributed by atoms with E-state index in [1.807, 2.05) is 23.1 Å². The lowest BCUT2D eigenvalue weighted by Crippen LogP contribution is -2.36. The van der Waals surface area contributed by atoms with Crippen molar-refractivity contribution in [1.82, 2.24) is 4.57 Å². The third-order valence-electron chi connectivity index (χ3n) is 14.6. The van der Waals surface area contributed by atoms with Crippen LogP contribution in [0.4, 0.5) is 17.1 Å². The molecular formula is C63H38N2S2. The molecule has 2 aromatic heterocycles. The van der Waals surface area contributed by atoms with Crippen molar-refractivity contribution < 1.29 is 0 Å². The number of hydrogen-bond acceptors (Lipinski definition) is 3. The molecule has 312 valence electrons. The number of benzene rings is 11. The molecule has 1 aliphatic carbocycles. The summed E-state index contributed by atoms with van der Waals surface area (Å²) in [6, 6.07) is 86.5. The molecular weight excluding hydrogens is 849 g/mol. The molecule has 0 saturated heterocycles. The van der Waals surface area contributed by atoms with Gasteiger partial charge in [-0.2, -0.15) is 0 Å². The molecule has 11 aromatic carbocycles. The summed E-state index contributed by atoms with van der Waals surface area (Å²) in [6.07, 6.45) is 0. The summed E-state index contributed by atoms with van der Waals surface area (Å²) in [5.41, 5.74) is 14.4. The summed E-state index contributed by atoms with van der Waals surface area (Å²) >= 11 is 3.77. The Kier molecular flexibility index (Phi) is 7.84. The van der Waals surface area contributed by atoms with E-state index in [0.717, 1.165) is 17.1 Å². The normalized spacial score (nSPS) is 14.9. The van der Waals surface area contributed by atoms with Crippen LogP contribution in [0.1, 0.15) is 22.3 Å². The largest absolute Gasteiger partial charge is 0.310 e. The highest BCUT2D eigenvalue weighted by Crippen LogP contribution is 2.62. The summed E-state index contributed by atoms with van der Waals surface area (Å²) in [5.74, 6) is 0. The number of nitrogens with zero attached hydrogens (tertiary/aromatic N) is 2. The number of fused-ring (bicyclic) bond motifs is 15. The quantitative estimate of drug-likeness (QED) is 0.174. The zero-order valence-electron chi connectivity index (χ0n) is 36.2. The Labute approximate surface area is 395 Å². The van der Waals surface area contributed by atoms with Gasteiger partial charge < -0.3 is 9.47 Å². The minimum absolute atomic E-state index is 0.511. The van der Waals surface area contributed by atoms with Crippen LogP contribution < -0.4 is 4.90 Å². The Morgan fingerprint density at radius 2 is 0.970 bits per heavy atom. The van der Waals surface area contributed by atoms with Gasteiger partial charge in [0.1, 0.15) is 0 Å². The minimum Gasteiger partial charge on any atom is -0.310 e. The van der Waals surface area contributed by atoms with E-state index in [1.165, 1.54) is 112 Å². The maximum absolute atomic E-state index is 2.49. The number of aromatic nitrogens is 1. The van der Waals surface area contributed by atoms with Gasteiger partial charge in [0.25, 0.3) is 0 Å². The van der Waals surface area contributed by atoms with Crippen molar-refractivity contribution in [3.63, 3.8) is 0 Å². The number of anilines is 3. The molecule has 0 saturated carbocycles. The van der Waals surface area contributed by atoms with Crippen LogP contribution in [0, 0.1) is 0 Å². The first-order valence-corrected chi connectivity index (χ1v) is 24.6. The van der Waals surface area contributed by atoms with Crippen LogP contribution in [0.2, 0.25) is 0 Å². The molecule has 0 radical (unpaired) electrons. The van der Waals surface area contributed by atoms with E-state index in [-0.39, 0.29) is 0 Å². The van der Waals surface area contributed by atoms with Crippen molar-refractivity contribution in [3.8, 4) is 16.8 Å². The molecule has 0 bridgehead atoms. The maximum atomic E-state index is 2.49. The number of para-hydroxylation sites is 1. The van der Waals surface area contributed by atoms with Crippen LogP contribution in [-0.4, -0.2) is 4.57 Å². The zero-order chi connectivity index (χ0) is 43.8. The minimum atomic E-state index is -0.511. The van der Waals surface area contributed by atoms with Gasteiger partial charge in [0, 0.05) is 63.2 Å². The Hall–Kier alpha value is -7.89. The van der Waals surface area contributed by atoms with E-state index in [9.17, 15) is 0 Å². The summed E-state index contributed by atoms with van der Waals surface area (Å²) in [7, 11) is 0. The van der Waals surface area contributed by atoms with Gasteiger partial charge in [-0.3, -0.25) is 0 Å². The molecule has 2 nitrogen and oxygen atoms in total. The van der Waals surface area contributed by atoms with Gasteiger partial charge in [0.2, 0.25) is 0 Å². The first kappa shape index (κ1) is 37.3. The van der Waals surface area contributed by atoms with E-state index in [4.69, 9.17) is 0 Å². The Balaban J connectivity index is 0.990. The standard InChI is InChI=1S/C63H38N2S2/c1-2-18-44-39(14-1)15-13-27-55(44)65-56-26-8-4-20-46(56)50-36-41(32-35-57(50)65)64(42-30-33-48-47-21-5-9-28-58(47)66-60(48)37-42)43-31-34-53-61(38-43)67-59-29-10-7-24-52(59)63(53)51-23-6-3-19-45(51)49-22-11-16-40-17-12-25-54(63)62(40)49/h1-38H. The van der Waals surface area contributed by atoms with Crippen molar-refractivity contribution >= 4 is 104 Å². The lowest BCUT2D eigenvalue weighted by molar-refractivity contribution is 0.707. The third-order valence-corrected chi connectivity index (χ3v) is 16.9. The van der Waals surface area contributed by atoms with Crippen LogP contribution in [0.25, 0.3) is 80.3 Å². The van der Waals surface area contributed by atoms with Gasteiger partial charge in [0.05, 0.1) is 22.1 Å². The molecule has 0 N–H and O–H groups in total. The summed E-state index contributed by atoms with van der Waals surface area (Å²) in [4.78, 5) is 5.05. The molecule has 2 aliphatic rings. The maximum Gasteiger partial charge on any atom is 0.0735 e. The van der Waals surface area contributed by atoms with Crippen molar-refractivity contribution in [1.29, 1.82) is 0 Å². The first-order chi connectivity index (χ1) is 33.2. The summed E-state index contributed by atoms with van der Waals surface area (Å²) in [6.45, 7) is 0. The third kappa shape index (κ3) is 5.17. The van der Waals surface area contributed by atoms with Gasteiger partial charge in [-0.15, -0.1) is 11.3 Å². The van der Waals surface area contributed by atoms with E-state index >= 15 is 0 Å². The number of rotatable bonds is 4. The second-order valence-corrected chi connectivity index (χ2v) is 20.1. The summed E-state index contributed by atoms with van der Waals surface area (Å²) < 4.78 is 5.04.